The van der Waals surface area contributed by atoms with Crippen molar-refractivity contribution in [3.05, 3.63) is 53.1 Å². The molecular weight excluding hydrogens is 394 g/mol. The number of imide groups is 1. The number of hydrogen-bond acceptors (Lipinski definition) is 4. The lowest BCUT2D eigenvalue weighted by Gasteiger charge is -2.42. The zero-order chi connectivity index (χ0) is 21.7. The number of ether oxygens (including phenoxy) is 1. The Morgan fingerprint density at radius 2 is 1.67 bits per heavy atom. The first-order chi connectivity index (χ1) is 14.1. The minimum absolute atomic E-state index is 0.122. The van der Waals surface area contributed by atoms with Crippen molar-refractivity contribution in [2.75, 3.05) is 12.9 Å². The molecule has 2 aliphatic rings. The van der Waals surface area contributed by atoms with Crippen molar-refractivity contribution in [3.8, 4) is 16.9 Å². The Kier molecular flexibility index (Phi) is 5.21. The molecule has 1 saturated heterocycles. The first-order valence-electron chi connectivity index (χ1n) is 10.4. The van der Waals surface area contributed by atoms with Crippen LogP contribution in [-0.2, 0) is 22.2 Å². The van der Waals surface area contributed by atoms with E-state index < -0.39 is 0 Å². The lowest BCUT2D eigenvalue weighted by Crippen LogP contribution is -2.33. The van der Waals surface area contributed by atoms with E-state index in [1.165, 1.54) is 22.4 Å². The molecular formula is C25H29NO3S. The molecule has 30 heavy (non-hydrogen) atoms. The molecule has 0 atom stereocenters. The largest absolute Gasteiger partial charge is 0.496 e. The lowest BCUT2D eigenvalue weighted by atomic mass is 9.63. The second kappa shape index (κ2) is 7.45. The fourth-order valence-corrected chi connectivity index (χ4v) is 5.28. The van der Waals surface area contributed by atoms with Gasteiger partial charge in [0.1, 0.15) is 5.75 Å². The molecule has 158 valence electrons. The topological polar surface area (TPSA) is 46.6 Å². The molecule has 2 amide bonds. The summed E-state index contributed by atoms with van der Waals surface area (Å²) < 4.78 is 5.65. The van der Waals surface area contributed by atoms with Crippen LogP contribution in [0.4, 0.5) is 4.79 Å². The average Bonchev–Trinajstić information content (AvgIpc) is 3.03. The number of methoxy groups -OCH3 is 1. The molecule has 2 aromatic carbocycles. The second-order valence-electron chi connectivity index (χ2n) is 9.60. The third kappa shape index (κ3) is 3.64. The Hall–Kier alpha value is -2.27. The van der Waals surface area contributed by atoms with E-state index in [9.17, 15) is 9.59 Å². The Morgan fingerprint density at radius 1 is 0.967 bits per heavy atom. The van der Waals surface area contributed by atoms with E-state index in [1.54, 1.807) is 7.11 Å². The second-order valence-corrected chi connectivity index (χ2v) is 10.5. The summed E-state index contributed by atoms with van der Waals surface area (Å²) in [6.07, 6.45) is 2.34. The highest BCUT2D eigenvalue weighted by Gasteiger charge is 2.37. The summed E-state index contributed by atoms with van der Waals surface area (Å²) in [4.78, 5) is 25.4. The van der Waals surface area contributed by atoms with Crippen LogP contribution in [0, 0.1) is 0 Å². The number of rotatable bonds is 4. The number of fused-ring (bicyclic) bond motifs is 1. The Balaban J connectivity index is 1.76. The van der Waals surface area contributed by atoms with Crippen molar-refractivity contribution in [3.63, 3.8) is 0 Å². The maximum absolute atomic E-state index is 12.0. The van der Waals surface area contributed by atoms with Crippen molar-refractivity contribution in [1.82, 2.24) is 4.90 Å². The third-order valence-corrected chi connectivity index (χ3v) is 7.47. The molecule has 1 heterocycles. The minimum atomic E-state index is -0.171. The summed E-state index contributed by atoms with van der Waals surface area (Å²) in [6.45, 7) is 9.58. The molecule has 0 saturated carbocycles. The highest BCUT2D eigenvalue weighted by atomic mass is 32.2. The average molecular weight is 424 g/mol. The zero-order valence-electron chi connectivity index (χ0n) is 18.4. The first kappa shape index (κ1) is 21.0. The van der Waals surface area contributed by atoms with Gasteiger partial charge in [0.25, 0.3) is 5.24 Å². The third-order valence-electron chi connectivity index (χ3n) is 6.61. The van der Waals surface area contributed by atoms with E-state index in [2.05, 4.69) is 45.9 Å². The number of carbonyl (C=O) groups excluding carboxylic acids is 2. The number of thioether (sulfide) groups is 1. The van der Waals surface area contributed by atoms with Crippen molar-refractivity contribution < 1.29 is 14.3 Å². The molecule has 0 N–H and O–H groups in total. The van der Waals surface area contributed by atoms with Crippen LogP contribution in [-0.4, -0.2) is 28.9 Å². The van der Waals surface area contributed by atoms with E-state index in [-0.39, 0.29) is 27.7 Å². The first-order valence-corrected chi connectivity index (χ1v) is 11.4. The Labute approximate surface area is 183 Å². The van der Waals surface area contributed by atoms with Crippen LogP contribution in [0.3, 0.4) is 0 Å². The van der Waals surface area contributed by atoms with Crippen LogP contribution < -0.4 is 4.74 Å². The van der Waals surface area contributed by atoms with Gasteiger partial charge in [0, 0.05) is 5.56 Å². The van der Waals surface area contributed by atoms with E-state index in [0.717, 1.165) is 40.6 Å². The van der Waals surface area contributed by atoms with Gasteiger partial charge >= 0.3 is 0 Å². The molecule has 0 radical (unpaired) electrons. The zero-order valence-corrected chi connectivity index (χ0v) is 19.2. The standard InChI is InChI=1S/C25H29NO3S/c1-24(2)10-11-25(3,4)20-13-17(7-8-19(20)24)18-12-16(6-9-21(18)29-5)14-26-22(27)15-30-23(26)28/h6-9,12-13H,10-11,14-15H2,1-5H3. The van der Waals surface area contributed by atoms with Gasteiger partial charge in [-0.3, -0.25) is 14.5 Å². The van der Waals surface area contributed by atoms with Gasteiger partial charge in [-0.15, -0.1) is 0 Å². The molecule has 4 rings (SSSR count). The normalized spacial score (nSPS) is 19.7. The van der Waals surface area contributed by atoms with E-state index >= 15 is 0 Å². The molecule has 0 bridgehead atoms. The molecule has 0 spiro atoms. The minimum Gasteiger partial charge on any atom is -0.496 e. The summed E-state index contributed by atoms with van der Waals surface area (Å²) in [6, 6.07) is 12.6. The predicted octanol–water partition coefficient (Wildman–Crippen LogP) is 5.91. The van der Waals surface area contributed by atoms with Crippen LogP contribution in [0.25, 0.3) is 11.1 Å². The molecule has 4 nitrogen and oxygen atoms in total. The monoisotopic (exact) mass is 423 g/mol. The van der Waals surface area contributed by atoms with Gasteiger partial charge in [-0.2, -0.15) is 0 Å². The van der Waals surface area contributed by atoms with Crippen LogP contribution in [0.5, 0.6) is 5.75 Å². The molecule has 1 aliphatic carbocycles. The fraction of sp³-hybridized carbons (Fsp3) is 0.440. The van der Waals surface area contributed by atoms with Gasteiger partial charge in [0.2, 0.25) is 5.91 Å². The maximum atomic E-state index is 12.0. The van der Waals surface area contributed by atoms with Gasteiger partial charge in [0.15, 0.2) is 0 Å². The predicted molar refractivity (Wildman–Crippen MR) is 122 cm³/mol. The summed E-state index contributed by atoms with van der Waals surface area (Å²) in [5.41, 5.74) is 6.12. The fourth-order valence-electron chi connectivity index (χ4n) is 4.55. The number of amides is 2. The number of nitrogens with zero attached hydrogens (tertiary/aromatic N) is 1. The van der Waals surface area contributed by atoms with Crippen LogP contribution in [0.15, 0.2) is 36.4 Å². The van der Waals surface area contributed by atoms with Crippen molar-refractivity contribution in [2.45, 2.75) is 57.9 Å². The van der Waals surface area contributed by atoms with Gasteiger partial charge in [-0.05, 0) is 58.1 Å². The SMILES string of the molecule is COc1ccc(CN2C(=O)CSC2=O)cc1-c1ccc2c(c1)C(C)(C)CCC2(C)C. The van der Waals surface area contributed by atoms with E-state index in [0.29, 0.717) is 6.54 Å². The highest BCUT2D eigenvalue weighted by Crippen LogP contribution is 2.47. The number of carbonyl (C=O) groups is 2. The highest BCUT2D eigenvalue weighted by molar-refractivity contribution is 8.14. The maximum Gasteiger partial charge on any atom is 0.289 e. The molecule has 0 unspecified atom stereocenters. The van der Waals surface area contributed by atoms with Crippen molar-refractivity contribution in [1.29, 1.82) is 0 Å². The summed E-state index contributed by atoms with van der Waals surface area (Å²) in [7, 11) is 1.67. The summed E-state index contributed by atoms with van der Waals surface area (Å²) in [5.74, 6) is 0.900. The molecule has 0 aromatic heterocycles. The Bertz CT molecular complexity index is 1010. The number of benzene rings is 2. The molecule has 5 heteroatoms. The molecule has 2 aromatic rings. The van der Waals surface area contributed by atoms with Crippen molar-refractivity contribution >= 4 is 22.9 Å². The summed E-state index contributed by atoms with van der Waals surface area (Å²) in [5, 5.41) is -0.171. The van der Waals surface area contributed by atoms with Crippen LogP contribution in [0.2, 0.25) is 0 Å². The van der Waals surface area contributed by atoms with Gasteiger partial charge in [-0.1, -0.05) is 63.7 Å². The quantitative estimate of drug-likeness (QED) is 0.614. The van der Waals surface area contributed by atoms with Gasteiger partial charge in [-0.25, -0.2) is 0 Å². The smallest absolute Gasteiger partial charge is 0.289 e. The van der Waals surface area contributed by atoms with Gasteiger partial charge in [0.05, 0.1) is 19.4 Å². The van der Waals surface area contributed by atoms with Crippen LogP contribution in [0.1, 0.15) is 57.2 Å². The van der Waals surface area contributed by atoms with Crippen molar-refractivity contribution in [2.24, 2.45) is 0 Å². The Morgan fingerprint density at radius 3 is 2.30 bits per heavy atom. The van der Waals surface area contributed by atoms with Crippen LogP contribution >= 0.6 is 11.8 Å². The van der Waals surface area contributed by atoms with Gasteiger partial charge < -0.3 is 4.74 Å². The molecule has 1 fully saturated rings. The number of hydrogen-bond donors (Lipinski definition) is 0. The molecule has 1 aliphatic heterocycles. The summed E-state index contributed by atoms with van der Waals surface area (Å²) >= 11 is 1.07. The lowest BCUT2D eigenvalue weighted by molar-refractivity contribution is -0.125. The van der Waals surface area contributed by atoms with E-state index in [1.807, 2.05) is 18.2 Å². The van der Waals surface area contributed by atoms with E-state index in [4.69, 9.17) is 4.74 Å².